The Hall–Kier alpha value is -1.62. The Balaban J connectivity index is 2.50. The van der Waals surface area contributed by atoms with E-state index in [9.17, 15) is 4.79 Å². The molecule has 0 fully saturated rings. The molecule has 2 aromatic rings. The number of rotatable bonds is 4. The molecule has 5 heteroatoms. The fourth-order valence-electron chi connectivity index (χ4n) is 1.71. The SMILES string of the molecule is CCCc1cc2nc(COC)cc(=O)n2[nH]1. The minimum absolute atomic E-state index is 0.0978. The van der Waals surface area contributed by atoms with E-state index in [-0.39, 0.29) is 5.56 Å². The number of nitrogens with zero attached hydrogens (tertiary/aromatic N) is 2. The molecule has 1 N–H and O–H groups in total. The molecule has 16 heavy (non-hydrogen) atoms. The number of ether oxygens (including phenoxy) is 1. The molecular formula is C11H15N3O2. The van der Waals surface area contributed by atoms with E-state index in [1.807, 2.05) is 6.07 Å². The van der Waals surface area contributed by atoms with Crippen LogP contribution in [0.5, 0.6) is 0 Å². The van der Waals surface area contributed by atoms with Gasteiger partial charge in [0.15, 0.2) is 5.65 Å². The molecule has 2 heterocycles. The molecule has 0 saturated carbocycles. The molecule has 0 unspecified atom stereocenters. The van der Waals surface area contributed by atoms with Crippen molar-refractivity contribution in [2.45, 2.75) is 26.4 Å². The summed E-state index contributed by atoms with van der Waals surface area (Å²) in [5.74, 6) is 0. The maximum absolute atomic E-state index is 11.7. The number of aromatic nitrogens is 3. The fourth-order valence-corrected chi connectivity index (χ4v) is 1.71. The first-order valence-corrected chi connectivity index (χ1v) is 5.34. The summed E-state index contributed by atoms with van der Waals surface area (Å²) < 4.78 is 6.43. The molecule has 0 atom stereocenters. The average Bonchev–Trinajstić information content (AvgIpc) is 2.62. The first kappa shape index (κ1) is 10.9. The summed E-state index contributed by atoms with van der Waals surface area (Å²) in [6.45, 7) is 2.46. The second-order valence-corrected chi connectivity index (χ2v) is 3.74. The third-order valence-electron chi connectivity index (χ3n) is 2.37. The van der Waals surface area contributed by atoms with Gasteiger partial charge in [0.2, 0.25) is 0 Å². The largest absolute Gasteiger partial charge is 0.378 e. The summed E-state index contributed by atoms with van der Waals surface area (Å²) >= 11 is 0. The van der Waals surface area contributed by atoms with Crippen molar-refractivity contribution in [3.8, 4) is 0 Å². The highest BCUT2D eigenvalue weighted by atomic mass is 16.5. The fraction of sp³-hybridized carbons (Fsp3) is 0.455. The molecule has 5 nitrogen and oxygen atoms in total. The van der Waals surface area contributed by atoms with E-state index in [1.54, 1.807) is 7.11 Å². The molecule has 0 amide bonds. The smallest absolute Gasteiger partial charge is 0.272 e. The summed E-state index contributed by atoms with van der Waals surface area (Å²) in [7, 11) is 1.59. The van der Waals surface area contributed by atoms with Crippen LogP contribution in [0, 0.1) is 0 Å². The van der Waals surface area contributed by atoms with Crippen molar-refractivity contribution in [2.24, 2.45) is 0 Å². The molecule has 86 valence electrons. The first-order chi connectivity index (χ1) is 7.74. The van der Waals surface area contributed by atoms with Crippen LogP contribution < -0.4 is 5.56 Å². The molecule has 0 aromatic carbocycles. The second-order valence-electron chi connectivity index (χ2n) is 3.74. The topological polar surface area (TPSA) is 59.4 Å². The van der Waals surface area contributed by atoms with Crippen LogP contribution >= 0.6 is 0 Å². The molecule has 2 rings (SSSR count). The van der Waals surface area contributed by atoms with Crippen molar-refractivity contribution in [2.75, 3.05) is 7.11 Å². The summed E-state index contributed by atoms with van der Waals surface area (Å²) in [6, 6.07) is 3.40. The average molecular weight is 221 g/mol. The molecule has 0 aliphatic heterocycles. The van der Waals surface area contributed by atoms with E-state index >= 15 is 0 Å². The van der Waals surface area contributed by atoms with Crippen LogP contribution in [-0.4, -0.2) is 21.7 Å². The maximum atomic E-state index is 11.7. The van der Waals surface area contributed by atoms with Crippen LogP contribution in [-0.2, 0) is 17.8 Å². The molecule has 2 aromatic heterocycles. The molecule has 0 spiro atoms. The van der Waals surface area contributed by atoms with Crippen molar-refractivity contribution in [3.63, 3.8) is 0 Å². The third kappa shape index (κ3) is 1.99. The molecule has 0 saturated heterocycles. The highest BCUT2D eigenvalue weighted by molar-refractivity contribution is 5.39. The number of H-pyrrole nitrogens is 1. The van der Waals surface area contributed by atoms with E-state index in [4.69, 9.17) is 4.74 Å². The van der Waals surface area contributed by atoms with Gasteiger partial charge in [-0.15, -0.1) is 0 Å². The minimum atomic E-state index is -0.0978. The predicted molar refractivity (Wildman–Crippen MR) is 60.5 cm³/mol. The lowest BCUT2D eigenvalue weighted by Crippen LogP contribution is -2.15. The number of aryl methyl sites for hydroxylation is 1. The van der Waals surface area contributed by atoms with Gasteiger partial charge in [0.25, 0.3) is 5.56 Å². The van der Waals surface area contributed by atoms with Crippen molar-refractivity contribution < 1.29 is 4.74 Å². The van der Waals surface area contributed by atoms with Crippen LogP contribution in [0.1, 0.15) is 24.7 Å². The quantitative estimate of drug-likeness (QED) is 0.841. The third-order valence-corrected chi connectivity index (χ3v) is 2.37. The van der Waals surface area contributed by atoms with Gasteiger partial charge < -0.3 is 4.74 Å². The second kappa shape index (κ2) is 4.49. The maximum Gasteiger partial charge on any atom is 0.272 e. The highest BCUT2D eigenvalue weighted by Crippen LogP contribution is 2.05. The summed E-state index contributed by atoms with van der Waals surface area (Å²) in [5.41, 5.74) is 2.25. The van der Waals surface area contributed by atoms with Crippen molar-refractivity contribution >= 4 is 5.65 Å². The Morgan fingerprint density at radius 1 is 1.50 bits per heavy atom. The van der Waals surface area contributed by atoms with Gasteiger partial charge in [-0.05, 0) is 6.42 Å². The zero-order valence-corrected chi connectivity index (χ0v) is 9.49. The summed E-state index contributed by atoms with van der Waals surface area (Å²) in [4.78, 5) is 16.1. The van der Waals surface area contributed by atoms with Gasteiger partial charge in [-0.2, -0.15) is 0 Å². The van der Waals surface area contributed by atoms with Gasteiger partial charge in [-0.25, -0.2) is 9.50 Å². The Morgan fingerprint density at radius 2 is 2.31 bits per heavy atom. The van der Waals surface area contributed by atoms with Gasteiger partial charge in [-0.3, -0.25) is 9.89 Å². The lowest BCUT2D eigenvalue weighted by molar-refractivity contribution is 0.181. The van der Waals surface area contributed by atoms with Crippen LogP contribution in [0.4, 0.5) is 0 Å². The molecular weight excluding hydrogens is 206 g/mol. The molecule has 0 aliphatic rings. The standard InChI is InChI=1S/C11H15N3O2/c1-3-4-8-5-10-12-9(7-16-2)6-11(15)14(10)13-8/h5-6,13H,3-4,7H2,1-2H3. The zero-order valence-electron chi connectivity index (χ0n) is 9.49. The lowest BCUT2D eigenvalue weighted by atomic mass is 10.2. The minimum Gasteiger partial charge on any atom is -0.378 e. The number of hydrogen-bond donors (Lipinski definition) is 1. The molecule has 0 radical (unpaired) electrons. The van der Waals surface area contributed by atoms with Gasteiger partial charge in [0.05, 0.1) is 12.3 Å². The van der Waals surface area contributed by atoms with E-state index in [0.717, 1.165) is 18.5 Å². The molecule has 0 aliphatic carbocycles. The van der Waals surface area contributed by atoms with E-state index in [2.05, 4.69) is 17.0 Å². The van der Waals surface area contributed by atoms with Crippen molar-refractivity contribution in [1.29, 1.82) is 0 Å². The Kier molecular flexibility index (Phi) is 3.05. The predicted octanol–water partition coefficient (Wildman–Crippen LogP) is 1.12. The van der Waals surface area contributed by atoms with E-state index in [1.165, 1.54) is 10.6 Å². The number of nitrogens with one attached hydrogen (secondary N) is 1. The number of aromatic amines is 1. The van der Waals surface area contributed by atoms with E-state index in [0.29, 0.717) is 17.9 Å². The number of fused-ring (bicyclic) bond motifs is 1. The van der Waals surface area contributed by atoms with Crippen LogP contribution in [0.25, 0.3) is 5.65 Å². The van der Waals surface area contributed by atoms with E-state index < -0.39 is 0 Å². The summed E-state index contributed by atoms with van der Waals surface area (Å²) in [6.07, 6.45) is 1.95. The Morgan fingerprint density at radius 3 is 3.00 bits per heavy atom. The number of methoxy groups -OCH3 is 1. The van der Waals surface area contributed by atoms with Crippen LogP contribution in [0.2, 0.25) is 0 Å². The number of hydrogen-bond acceptors (Lipinski definition) is 3. The van der Waals surface area contributed by atoms with Gasteiger partial charge in [0.1, 0.15) is 0 Å². The zero-order chi connectivity index (χ0) is 11.5. The van der Waals surface area contributed by atoms with Gasteiger partial charge in [-0.1, -0.05) is 13.3 Å². The van der Waals surface area contributed by atoms with Crippen LogP contribution in [0.15, 0.2) is 16.9 Å². The van der Waals surface area contributed by atoms with Crippen molar-refractivity contribution in [3.05, 3.63) is 33.9 Å². The van der Waals surface area contributed by atoms with Crippen LogP contribution in [0.3, 0.4) is 0 Å². The first-order valence-electron chi connectivity index (χ1n) is 5.34. The van der Waals surface area contributed by atoms with Crippen molar-refractivity contribution in [1.82, 2.24) is 14.6 Å². The monoisotopic (exact) mass is 221 g/mol. The van der Waals surface area contributed by atoms with Gasteiger partial charge in [0, 0.05) is 24.9 Å². The highest BCUT2D eigenvalue weighted by Gasteiger charge is 2.05. The normalized spacial score (nSPS) is 11.1. The Bertz CT molecular complexity index is 542. The lowest BCUT2D eigenvalue weighted by Gasteiger charge is -1.98. The van der Waals surface area contributed by atoms with Gasteiger partial charge >= 0.3 is 0 Å². The summed E-state index contributed by atoms with van der Waals surface area (Å²) in [5, 5.41) is 3.03. The Labute approximate surface area is 93.1 Å². The molecule has 0 bridgehead atoms.